The summed E-state index contributed by atoms with van der Waals surface area (Å²) in [5, 5.41) is 24.5. The largest absolute Gasteiger partial charge is 0.481 e. The van der Waals surface area contributed by atoms with Crippen molar-refractivity contribution < 1.29 is 34.2 Å². The van der Waals surface area contributed by atoms with Crippen molar-refractivity contribution in [3.8, 4) is 0 Å². The second kappa shape index (κ2) is 12.9. The van der Waals surface area contributed by atoms with E-state index >= 15 is 0 Å². The van der Waals surface area contributed by atoms with Crippen LogP contribution in [0.3, 0.4) is 0 Å². The Balaban J connectivity index is 5.12. The van der Waals surface area contributed by atoms with Gasteiger partial charge in [0.05, 0.1) is 12.5 Å². The van der Waals surface area contributed by atoms with E-state index in [0.29, 0.717) is 5.75 Å². The minimum atomic E-state index is -1.32. The number of hydrogen-bond acceptors (Lipinski definition) is 7. The Morgan fingerprint density at radius 2 is 1.57 bits per heavy atom. The topological polar surface area (TPSA) is 188 Å². The van der Waals surface area contributed by atoms with E-state index in [2.05, 4.69) is 16.0 Å². The van der Waals surface area contributed by atoms with Crippen LogP contribution >= 0.6 is 11.8 Å². The van der Waals surface area contributed by atoms with Crippen molar-refractivity contribution in [1.29, 1.82) is 0 Å². The fraction of sp³-hybridized carbons (Fsp3) is 0.688. The molecule has 0 radical (unpaired) electrons. The number of nitrogens with one attached hydrogen (secondary N) is 3. The lowest BCUT2D eigenvalue weighted by Gasteiger charge is -2.26. The smallest absolute Gasteiger partial charge is 0.322 e. The predicted octanol–water partition coefficient (Wildman–Crippen LogP) is -1.63. The molecule has 0 fully saturated rings. The van der Waals surface area contributed by atoms with E-state index in [1.54, 1.807) is 13.8 Å². The van der Waals surface area contributed by atoms with Crippen molar-refractivity contribution >= 4 is 41.4 Å². The van der Waals surface area contributed by atoms with E-state index in [0.717, 1.165) is 0 Å². The SMILES string of the molecule is CSCCC(NC(=O)C(NC(=O)C(N)CC(=O)O)C(C)C)C(=O)NCC(=O)O. The molecular formula is C16H28N4O7S. The van der Waals surface area contributed by atoms with Crippen LogP contribution in [0.1, 0.15) is 26.7 Å². The maximum atomic E-state index is 12.6. The minimum Gasteiger partial charge on any atom is -0.481 e. The van der Waals surface area contributed by atoms with Gasteiger partial charge in [-0.1, -0.05) is 13.8 Å². The van der Waals surface area contributed by atoms with E-state index in [1.165, 1.54) is 11.8 Å². The molecule has 7 N–H and O–H groups in total. The summed E-state index contributed by atoms with van der Waals surface area (Å²) < 4.78 is 0. The Morgan fingerprint density at radius 3 is 2.04 bits per heavy atom. The zero-order valence-corrected chi connectivity index (χ0v) is 16.9. The number of carboxylic acid groups (broad SMARTS) is 2. The molecule has 0 rings (SSSR count). The molecule has 0 aromatic carbocycles. The van der Waals surface area contributed by atoms with Gasteiger partial charge in [-0.25, -0.2) is 0 Å². The molecule has 3 unspecified atom stereocenters. The summed E-state index contributed by atoms with van der Waals surface area (Å²) in [5.41, 5.74) is 5.50. The number of rotatable bonds is 13. The van der Waals surface area contributed by atoms with Crippen LogP contribution in [0, 0.1) is 5.92 Å². The zero-order valence-electron chi connectivity index (χ0n) is 16.1. The summed E-state index contributed by atoms with van der Waals surface area (Å²) in [6.07, 6.45) is 1.48. The van der Waals surface area contributed by atoms with Crippen molar-refractivity contribution in [1.82, 2.24) is 16.0 Å². The third kappa shape index (κ3) is 10.1. The molecule has 160 valence electrons. The maximum Gasteiger partial charge on any atom is 0.322 e. The quantitative estimate of drug-likeness (QED) is 0.203. The van der Waals surface area contributed by atoms with Gasteiger partial charge >= 0.3 is 11.9 Å². The van der Waals surface area contributed by atoms with Gasteiger partial charge in [0.1, 0.15) is 18.6 Å². The van der Waals surface area contributed by atoms with Crippen LogP contribution in [0.5, 0.6) is 0 Å². The van der Waals surface area contributed by atoms with Gasteiger partial charge in [-0.05, 0) is 24.3 Å². The molecule has 3 amide bonds. The highest BCUT2D eigenvalue weighted by Crippen LogP contribution is 2.06. The highest BCUT2D eigenvalue weighted by atomic mass is 32.2. The number of thioether (sulfide) groups is 1. The second-order valence-electron chi connectivity index (χ2n) is 6.39. The van der Waals surface area contributed by atoms with Crippen LogP contribution < -0.4 is 21.7 Å². The summed E-state index contributed by atoms with van der Waals surface area (Å²) in [6, 6.07) is -3.35. The van der Waals surface area contributed by atoms with Gasteiger partial charge in [-0.3, -0.25) is 24.0 Å². The summed E-state index contributed by atoms with van der Waals surface area (Å²) >= 11 is 1.44. The van der Waals surface area contributed by atoms with Crippen LogP contribution in [0.25, 0.3) is 0 Å². The van der Waals surface area contributed by atoms with Crippen molar-refractivity contribution in [2.24, 2.45) is 11.7 Å². The first-order valence-corrected chi connectivity index (χ1v) is 9.95. The first-order valence-electron chi connectivity index (χ1n) is 8.56. The average Bonchev–Trinajstić information content (AvgIpc) is 2.59. The molecule has 0 aliphatic heterocycles. The molecule has 0 aliphatic carbocycles. The molecular weight excluding hydrogens is 392 g/mol. The van der Waals surface area contributed by atoms with Gasteiger partial charge in [0, 0.05) is 0 Å². The van der Waals surface area contributed by atoms with Gasteiger partial charge in [0.2, 0.25) is 17.7 Å². The first kappa shape index (κ1) is 25.7. The number of carbonyl (C=O) groups is 5. The molecule has 0 saturated heterocycles. The molecule has 0 saturated carbocycles. The van der Waals surface area contributed by atoms with Crippen LogP contribution in [-0.4, -0.2) is 76.6 Å². The number of hydrogen-bond donors (Lipinski definition) is 6. The van der Waals surface area contributed by atoms with Crippen molar-refractivity contribution in [2.45, 2.75) is 44.8 Å². The second-order valence-corrected chi connectivity index (χ2v) is 7.37. The fourth-order valence-electron chi connectivity index (χ4n) is 2.13. The number of carbonyl (C=O) groups excluding carboxylic acids is 3. The summed E-state index contributed by atoms with van der Waals surface area (Å²) in [5.74, 6) is -4.41. The molecule has 0 heterocycles. The predicted molar refractivity (Wildman–Crippen MR) is 103 cm³/mol. The third-order valence-corrected chi connectivity index (χ3v) is 4.28. The Morgan fingerprint density at radius 1 is 0.964 bits per heavy atom. The van der Waals surface area contributed by atoms with Crippen molar-refractivity contribution in [3.05, 3.63) is 0 Å². The fourth-order valence-corrected chi connectivity index (χ4v) is 2.60. The molecule has 0 bridgehead atoms. The van der Waals surface area contributed by atoms with Gasteiger partial charge in [-0.2, -0.15) is 11.8 Å². The van der Waals surface area contributed by atoms with Crippen LogP contribution in [0.2, 0.25) is 0 Å². The van der Waals surface area contributed by atoms with Crippen molar-refractivity contribution in [3.63, 3.8) is 0 Å². The normalized spacial score (nSPS) is 13.9. The maximum absolute atomic E-state index is 12.6. The molecule has 12 heteroatoms. The van der Waals surface area contributed by atoms with E-state index in [1.807, 2.05) is 6.26 Å². The van der Waals surface area contributed by atoms with E-state index in [4.69, 9.17) is 15.9 Å². The average molecular weight is 420 g/mol. The molecule has 11 nitrogen and oxygen atoms in total. The molecule has 0 aliphatic rings. The van der Waals surface area contributed by atoms with E-state index in [-0.39, 0.29) is 12.3 Å². The number of carboxylic acids is 2. The first-order chi connectivity index (χ1) is 13.0. The lowest BCUT2D eigenvalue weighted by molar-refractivity contribution is -0.140. The van der Waals surface area contributed by atoms with Gasteiger partial charge in [0.25, 0.3) is 0 Å². The standard InChI is InChI=1S/C16H28N4O7S/c1-8(2)13(20-14(25)9(17)6-11(21)22)16(27)19-10(4-5-28-3)15(26)18-7-12(23)24/h8-10,13H,4-7,17H2,1-3H3,(H,18,26)(H,19,27)(H,20,25)(H,21,22)(H,23,24). The minimum absolute atomic E-state index is 0.260. The van der Waals surface area contributed by atoms with E-state index < -0.39 is 60.8 Å². The Hall–Kier alpha value is -2.34. The Labute approximate surface area is 167 Å². The Bertz CT molecular complexity index is 585. The van der Waals surface area contributed by atoms with Gasteiger partial charge < -0.3 is 31.9 Å². The monoisotopic (exact) mass is 420 g/mol. The number of amides is 3. The Kier molecular flexibility index (Phi) is 11.9. The number of aliphatic carboxylic acids is 2. The summed E-state index contributed by atoms with van der Waals surface area (Å²) in [4.78, 5) is 58.1. The highest BCUT2D eigenvalue weighted by Gasteiger charge is 2.30. The van der Waals surface area contributed by atoms with Gasteiger partial charge in [0.15, 0.2) is 0 Å². The zero-order chi connectivity index (χ0) is 21.9. The van der Waals surface area contributed by atoms with Crippen LogP contribution in [0.15, 0.2) is 0 Å². The van der Waals surface area contributed by atoms with Crippen LogP contribution in [-0.2, 0) is 24.0 Å². The van der Waals surface area contributed by atoms with Gasteiger partial charge in [-0.15, -0.1) is 0 Å². The summed E-state index contributed by atoms with van der Waals surface area (Å²) in [7, 11) is 0. The molecule has 3 atom stereocenters. The number of nitrogens with two attached hydrogens (primary N) is 1. The highest BCUT2D eigenvalue weighted by molar-refractivity contribution is 7.98. The summed E-state index contributed by atoms with van der Waals surface area (Å²) in [6.45, 7) is 2.74. The third-order valence-electron chi connectivity index (χ3n) is 3.64. The lowest BCUT2D eigenvalue weighted by atomic mass is 10.0. The van der Waals surface area contributed by atoms with E-state index in [9.17, 15) is 24.0 Å². The molecule has 0 spiro atoms. The van der Waals surface area contributed by atoms with Crippen LogP contribution in [0.4, 0.5) is 0 Å². The van der Waals surface area contributed by atoms with Crippen molar-refractivity contribution in [2.75, 3.05) is 18.6 Å². The lowest BCUT2D eigenvalue weighted by Crippen LogP contribution is -2.57. The molecule has 28 heavy (non-hydrogen) atoms. The molecule has 0 aromatic heterocycles. The molecule has 0 aromatic rings.